The average molecular weight is 282 g/mol. The zero-order chi connectivity index (χ0) is 15.2. The van der Waals surface area contributed by atoms with Gasteiger partial charge < -0.3 is 10.1 Å². The first-order valence-electron chi connectivity index (χ1n) is 7.57. The van der Waals surface area contributed by atoms with Crippen LogP contribution in [0.1, 0.15) is 47.5 Å². The molecule has 1 saturated heterocycles. The van der Waals surface area contributed by atoms with Crippen molar-refractivity contribution in [1.29, 1.82) is 0 Å². The Bertz CT molecular complexity index is 333. The average Bonchev–Trinajstić information content (AvgIpc) is 2.33. The van der Waals surface area contributed by atoms with Crippen LogP contribution >= 0.6 is 0 Å². The van der Waals surface area contributed by atoms with Crippen molar-refractivity contribution in [2.45, 2.75) is 59.1 Å². The van der Waals surface area contributed by atoms with Gasteiger partial charge in [-0.15, -0.1) is 0 Å². The molecular formula is C16H30N2O2. The maximum absolute atomic E-state index is 11.6. The SMILES string of the molecule is CC(C)=CCN1CCC(NCC(=O)OC(C)(C)C)CC1. The number of nitrogens with one attached hydrogen (secondary N) is 1. The molecule has 1 fully saturated rings. The fourth-order valence-electron chi connectivity index (χ4n) is 2.24. The van der Waals surface area contributed by atoms with Gasteiger partial charge in [-0.2, -0.15) is 0 Å². The number of likely N-dealkylation sites (tertiary alicyclic amines) is 1. The minimum absolute atomic E-state index is 0.163. The fourth-order valence-corrected chi connectivity index (χ4v) is 2.24. The molecule has 1 aliphatic heterocycles. The molecule has 0 aromatic carbocycles. The largest absolute Gasteiger partial charge is 0.459 e. The van der Waals surface area contributed by atoms with Crippen LogP contribution in [-0.4, -0.2) is 48.7 Å². The Morgan fingerprint density at radius 2 is 1.90 bits per heavy atom. The van der Waals surface area contributed by atoms with E-state index in [4.69, 9.17) is 4.74 Å². The van der Waals surface area contributed by atoms with Gasteiger partial charge in [0.15, 0.2) is 0 Å². The van der Waals surface area contributed by atoms with E-state index in [0.29, 0.717) is 12.6 Å². The Kier molecular flexibility index (Phi) is 6.69. The molecule has 1 N–H and O–H groups in total. The van der Waals surface area contributed by atoms with Crippen molar-refractivity contribution in [3.05, 3.63) is 11.6 Å². The Hall–Kier alpha value is -0.870. The van der Waals surface area contributed by atoms with Crippen LogP contribution < -0.4 is 5.32 Å². The molecule has 4 nitrogen and oxygen atoms in total. The lowest BCUT2D eigenvalue weighted by molar-refractivity contribution is -0.153. The lowest BCUT2D eigenvalue weighted by Crippen LogP contribution is -2.44. The van der Waals surface area contributed by atoms with Gasteiger partial charge in [0.2, 0.25) is 0 Å². The summed E-state index contributed by atoms with van der Waals surface area (Å²) in [5, 5.41) is 3.31. The highest BCUT2D eigenvalue weighted by atomic mass is 16.6. The number of piperidine rings is 1. The third kappa shape index (κ3) is 7.65. The van der Waals surface area contributed by atoms with Gasteiger partial charge in [0.25, 0.3) is 0 Å². The van der Waals surface area contributed by atoms with E-state index in [1.165, 1.54) is 5.57 Å². The van der Waals surface area contributed by atoms with Gasteiger partial charge in [-0.3, -0.25) is 9.69 Å². The number of hydrogen-bond acceptors (Lipinski definition) is 4. The molecule has 1 aliphatic rings. The summed E-state index contributed by atoms with van der Waals surface area (Å²) in [7, 11) is 0. The highest BCUT2D eigenvalue weighted by Gasteiger charge is 2.20. The summed E-state index contributed by atoms with van der Waals surface area (Å²) in [6, 6.07) is 0.436. The van der Waals surface area contributed by atoms with Crippen molar-refractivity contribution in [2.24, 2.45) is 0 Å². The fraction of sp³-hybridized carbons (Fsp3) is 0.812. The van der Waals surface area contributed by atoms with Crippen LogP contribution in [0, 0.1) is 0 Å². The number of allylic oxidation sites excluding steroid dienone is 1. The van der Waals surface area contributed by atoms with Crippen LogP contribution in [-0.2, 0) is 9.53 Å². The molecule has 0 unspecified atom stereocenters. The summed E-state index contributed by atoms with van der Waals surface area (Å²) in [6.45, 7) is 13.5. The maximum Gasteiger partial charge on any atom is 0.320 e. The molecule has 0 bridgehead atoms. The monoisotopic (exact) mass is 282 g/mol. The van der Waals surface area contributed by atoms with Gasteiger partial charge in [-0.25, -0.2) is 0 Å². The lowest BCUT2D eigenvalue weighted by Gasteiger charge is -2.32. The van der Waals surface area contributed by atoms with E-state index in [-0.39, 0.29) is 5.97 Å². The second-order valence-electron chi connectivity index (χ2n) is 6.82. The van der Waals surface area contributed by atoms with Crippen LogP contribution in [0.3, 0.4) is 0 Å². The van der Waals surface area contributed by atoms with E-state index < -0.39 is 5.60 Å². The van der Waals surface area contributed by atoms with Crippen LogP contribution in [0.15, 0.2) is 11.6 Å². The number of ether oxygens (including phenoxy) is 1. The summed E-state index contributed by atoms with van der Waals surface area (Å²) in [6.07, 6.45) is 4.47. The zero-order valence-corrected chi connectivity index (χ0v) is 13.7. The quantitative estimate of drug-likeness (QED) is 0.621. The van der Waals surface area contributed by atoms with Crippen LogP contribution in [0.5, 0.6) is 0 Å². The Balaban J connectivity index is 2.19. The van der Waals surface area contributed by atoms with Crippen molar-refractivity contribution in [1.82, 2.24) is 10.2 Å². The topological polar surface area (TPSA) is 41.6 Å². The molecule has 0 atom stereocenters. The van der Waals surface area contributed by atoms with Crippen LogP contribution in [0.25, 0.3) is 0 Å². The minimum Gasteiger partial charge on any atom is -0.459 e. The lowest BCUT2D eigenvalue weighted by atomic mass is 10.0. The molecule has 0 spiro atoms. The predicted molar refractivity (Wildman–Crippen MR) is 82.7 cm³/mol. The van der Waals surface area contributed by atoms with Crippen molar-refractivity contribution < 1.29 is 9.53 Å². The molecule has 4 heteroatoms. The Morgan fingerprint density at radius 3 is 2.40 bits per heavy atom. The first-order valence-corrected chi connectivity index (χ1v) is 7.57. The molecule has 0 amide bonds. The zero-order valence-electron chi connectivity index (χ0n) is 13.7. The van der Waals surface area contributed by atoms with E-state index in [1.54, 1.807) is 0 Å². The molecule has 1 heterocycles. The molecule has 1 rings (SSSR count). The molecule has 0 radical (unpaired) electrons. The van der Waals surface area contributed by atoms with E-state index in [0.717, 1.165) is 32.5 Å². The van der Waals surface area contributed by atoms with E-state index in [9.17, 15) is 4.79 Å². The molecule has 0 aromatic rings. The molecule has 116 valence electrons. The normalized spacial score (nSPS) is 17.9. The molecule has 0 saturated carbocycles. The van der Waals surface area contributed by atoms with Gasteiger partial charge in [-0.05, 0) is 60.5 Å². The molecule has 0 aliphatic carbocycles. The van der Waals surface area contributed by atoms with E-state index in [2.05, 4.69) is 30.1 Å². The Labute approximate surface area is 123 Å². The van der Waals surface area contributed by atoms with Gasteiger partial charge in [0.05, 0.1) is 6.54 Å². The van der Waals surface area contributed by atoms with E-state index >= 15 is 0 Å². The molecule has 0 aromatic heterocycles. The van der Waals surface area contributed by atoms with Gasteiger partial charge in [-0.1, -0.05) is 11.6 Å². The standard InChI is InChI=1S/C16H30N2O2/c1-13(2)6-9-18-10-7-14(8-11-18)17-12-15(19)20-16(3,4)5/h6,14,17H,7-12H2,1-5H3. The van der Waals surface area contributed by atoms with Crippen molar-refractivity contribution in [2.75, 3.05) is 26.2 Å². The second-order valence-corrected chi connectivity index (χ2v) is 6.82. The summed E-state index contributed by atoms with van der Waals surface area (Å²) >= 11 is 0. The highest BCUT2D eigenvalue weighted by Crippen LogP contribution is 2.11. The minimum atomic E-state index is -0.396. The van der Waals surface area contributed by atoms with E-state index in [1.807, 2.05) is 20.8 Å². The van der Waals surface area contributed by atoms with Crippen molar-refractivity contribution in [3.8, 4) is 0 Å². The number of carbonyl (C=O) groups excluding carboxylic acids is 1. The summed E-state index contributed by atoms with van der Waals surface area (Å²) in [5.41, 5.74) is 0.974. The number of nitrogens with zero attached hydrogens (tertiary/aromatic N) is 1. The number of hydrogen-bond donors (Lipinski definition) is 1. The van der Waals surface area contributed by atoms with Crippen LogP contribution in [0.2, 0.25) is 0 Å². The second kappa shape index (κ2) is 7.79. The predicted octanol–water partition coefficient (Wildman–Crippen LogP) is 2.35. The summed E-state index contributed by atoms with van der Waals surface area (Å²) < 4.78 is 5.30. The Morgan fingerprint density at radius 1 is 1.30 bits per heavy atom. The van der Waals surface area contributed by atoms with Gasteiger partial charge in [0, 0.05) is 12.6 Å². The number of carbonyl (C=O) groups is 1. The van der Waals surface area contributed by atoms with Gasteiger partial charge >= 0.3 is 5.97 Å². The van der Waals surface area contributed by atoms with Gasteiger partial charge in [0.1, 0.15) is 5.60 Å². The molecule has 20 heavy (non-hydrogen) atoms. The highest BCUT2D eigenvalue weighted by molar-refractivity contribution is 5.72. The van der Waals surface area contributed by atoms with Crippen LogP contribution in [0.4, 0.5) is 0 Å². The van der Waals surface area contributed by atoms with Crippen molar-refractivity contribution >= 4 is 5.97 Å². The number of esters is 1. The summed E-state index contributed by atoms with van der Waals surface area (Å²) in [4.78, 5) is 14.1. The molecular weight excluding hydrogens is 252 g/mol. The summed E-state index contributed by atoms with van der Waals surface area (Å²) in [5.74, 6) is -0.163. The third-order valence-electron chi connectivity index (χ3n) is 3.30. The maximum atomic E-state index is 11.6. The number of rotatable bonds is 5. The first-order chi connectivity index (χ1) is 9.26. The smallest absolute Gasteiger partial charge is 0.320 e. The first kappa shape index (κ1) is 17.2. The third-order valence-corrected chi connectivity index (χ3v) is 3.30. The van der Waals surface area contributed by atoms with Crippen molar-refractivity contribution in [3.63, 3.8) is 0 Å².